The van der Waals surface area contributed by atoms with Crippen LogP contribution in [0.3, 0.4) is 0 Å². The van der Waals surface area contributed by atoms with Gasteiger partial charge in [-0.05, 0) is 53.9 Å². The number of hydrogen-bond donors (Lipinski definition) is 2. The van der Waals surface area contributed by atoms with Crippen molar-refractivity contribution in [2.45, 2.75) is 58.8 Å². The van der Waals surface area contributed by atoms with Crippen molar-refractivity contribution in [3.05, 3.63) is 57.5 Å². The smallest absolute Gasteiger partial charge is 0.251 e. The van der Waals surface area contributed by atoms with Crippen LogP contribution in [0.25, 0.3) is 6.08 Å². The van der Waals surface area contributed by atoms with Gasteiger partial charge in [0.25, 0.3) is 5.91 Å². The largest absolute Gasteiger partial charge is 0.365 e. The Balaban J connectivity index is 1.73. The molecule has 1 aliphatic rings. The molecule has 1 aromatic carbocycles. The second-order valence-corrected chi connectivity index (χ2v) is 9.22. The number of hydrogen-bond acceptors (Lipinski definition) is 3. The van der Waals surface area contributed by atoms with E-state index in [0.29, 0.717) is 22.4 Å². The van der Waals surface area contributed by atoms with Gasteiger partial charge in [0.05, 0.1) is 5.56 Å². The number of carbonyl (C=O) groups is 2. The Morgan fingerprint density at radius 3 is 2.62 bits per heavy atom. The summed E-state index contributed by atoms with van der Waals surface area (Å²) >= 11 is 1.51. The highest BCUT2D eigenvalue weighted by atomic mass is 32.1. The number of thiophene rings is 1. The van der Waals surface area contributed by atoms with E-state index in [2.05, 4.69) is 38.2 Å². The number of nitrogens with two attached hydrogens (primary N) is 1. The lowest BCUT2D eigenvalue weighted by Crippen LogP contribution is -2.19. The third kappa shape index (κ3) is 5.15. The molecule has 4 nitrogen and oxygen atoms in total. The van der Waals surface area contributed by atoms with Crippen LogP contribution >= 0.6 is 11.3 Å². The molecule has 3 rings (SSSR count). The number of amides is 2. The Bertz CT molecular complexity index is 910. The third-order valence-electron chi connectivity index (χ3n) is 5.58. The van der Waals surface area contributed by atoms with Crippen LogP contribution in [-0.2, 0) is 17.6 Å². The molecular formula is C24H30N2O2S. The first-order valence-corrected chi connectivity index (χ1v) is 11.2. The number of primary amides is 1. The fraction of sp³-hybridized carbons (Fsp3) is 0.417. The molecule has 2 aromatic rings. The van der Waals surface area contributed by atoms with Gasteiger partial charge < -0.3 is 11.1 Å². The van der Waals surface area contributed by atoms with Crippen LogP contribution in [0.2, 0.25) is 0 Å². The summed E-state index contributed by atoms with van der Waals surface area (Å²) in [5, 5.41) is 3.48. The predicted octanol–water partition coefficient (Wildman–Crippen LogP) is 5.53. The fourth-order valence-electron chi connectivity index (χ4n) is 3.98. The van der Waals surface area contributed by atoms with Crippen LogP contribution < -0.4 is 11.1 Å². The van der Waals surface area contributed by atoms with Crippen LogP contribution in [0, 0.1) is 5.92 Å². The minimum Gasteiger partial charge on any atom is -0.365 e. The van der Waals surface area contributed by atoms with E-state index in [4.69, 9.17) is 5.73 Å². The summed E-state index contributed by atoms with van der Waals surface area (Å²) in [5.41, 5.74) is 9.43. The molecule has 0 unspecified atom stereocenters. The van der Waals surface area contributed by atoms with Gasteiger partial charge in [-0.25, -0.2) is 0 Å². The highest BCUT2D eigenvalue weighted by Gasteiger charge is 2.28. The van der Waals surface area contributed by atoms with Crippen molar-refractivity contribution in [1.82, 2.24) is 0 Å². The van der Waals surface area contributed by atoms with Crippen LogP contribution in [0.4, 0.5) is 5.00 Å². The molecule has 0 aliphatic heterocycles. The summed E-state index contributed by atoms with van der Waals surface area (Å²) in [7, 11) is 0. The van der Waals surface area contributed by atoms with Crippen molar-refractivity contribution in [2.75, 3.05) is 5.32 Å². The van der Waals surface area contributed by atoms with Crippen molar-refractivity contribution >= 4 is 34.2 Å². The monoisotopic (exact) mass is 410 g/mol. The van der Waals surface area contributed by atoms with Gasteiger partial charge in [-0.2, -0.15) is 0 Å². The average Bonchev–Trinajstić information content (AvgIpc) is 3.04. The summed E-state index contributed by atoms with van der Waals surface area (Å²) in [6, 6.07) is 8.16. The fourth-order valence-corrected chi connectivity index (χ4v) is 5.35. The van der Waals surface area contributed by atoms with Crippen molar-refractivity contribution < 1.29 is 9.59 Å². The van der Waals surface area contributed by atoms with E-state index in [1.807, 2.05) is 12.1 Å². The first-order valence-electron chi connectivity index (χ1n) is 10.4. The van der Waals surface area contributed by atoms with E-state index in [1.54, 1.807) is 6.08 Å². The number of fused-ring (bicyclic) bond motifs is 1. The van der Waals surface area contributed by atoms with Crippen molar-refractivity contribution in [1.29, 1.82) is 0 Å². The molecule has 0 saturated carbocycles. The van der Waals surface area contributed by atoms with Gasteiger partial charge in [0, 0.05) is 11.0 Å². The van der Waals surface area contributed by atoms with Crippen molar-refractivity contribution in [2.24, 2.45) is 11.7 Å². The molecule has 154 valence electrons. The van der Waals surface area contributed by atoms with Gasteiger partial charge in [0.15, 0.2) is 0 Å². The Kier molecular flexibility index (Phi) is 6.91. The Morgan fingerprint density at radius 1 is 1.28 bits per heavy atom. The minimum absolute atomic E-state index is 0.246. The van der Waals surface area contributed by atoms with E-state index in [9.17, 15) is 9.59 Å². The quantitative estimate of drug-likeness (QED) is 0.589. The zero-order valence-electron chi connectivity index (χ0n) is 17.5. The third-order valence-corrected chi connectivity index (χ3v) is 6.75. The molecule has 0 radical (unpaired) electrons. The summed E-state index contributed by atoms with van der Waals surface area (Å²) in [5.74, 6) is 0.429. The Hall–Kier alpha value is -2.40. The summed E-state index contributed by atoms with van der Waals surface area (Å²) in [6.07, 6.45) is 8.58. The highest BCUT2D eigenvalue weighted by molar-refractivity contribution is 7.17. The van der Waals surface area contributed by atoms with Crippen LogP contribution in [0.5, 0.6) is 0 Å². The molecular weight excluding hydrogens is 380 g/mol. The molecule has 1 atom stereocenters. The topological polar surface area (TPSA) is 72.2 Å². The van der Waals surface area contributed by atoms with Crippen LogP contribution in [0.15, 0.2) is 30.3 Å². The SMILES string of the molecule is CCC[C@@H]1CCc2c(sc(NC(=O)/C=C\c3ccc(C(C)C)cc3)c2C(N)=O)C1. The van der Waals surface area contributed by atoms with Gasteiger partial charge in [-0.1, -0.05) is 57.9 Å². The lowest BCUT2D eigenvalue weighted by atomic mass is 9.84. The van der Waals surface area contributed by atoms with E-state index in [1.165, 1.54) is 40.7 Å². The molecule has 1 aromatic heterocycles. The van der Waals surface area contributed by atoms with E-state index < -0.39 is 5.91 Å². The van der Waals surface area contributed by atoms with E-state index in [-0.39, 0.29) is 5.91 Å². The number of rotatable bonds is 7. The maximum absolute atomic E-state index is 12.5. The second kappa shape index (κ2) is 9.40. The highest BCUT2D eigenvalue weighted by Crippen LogP contribution is 2.40. The molecule has 0 fully saturated rings. The number of nitrogens with one attached hydrogen (secondary N) is 1. The molecule has 5 heteroatoms. The van der Waals surface area contributed by atoms with Crippen molar-refractivity contribution in [3.63, 3.8) is 0 Å². The molecule has 2 amide bonds. The lowest BCUT2D eigenvalue weighted by molar-refractivity contribution is -0.111. The van der Waals surface area contributed by atoms with Crippen LogP contribution in [0.1, 0.15) is 77.9 Å². The number of benzene rings is 1. The van der Waals surface area contributed by atoms with E-state index in [0.717, 1.165) is 30.4 Å². The first kappa shape index (κ1) is 21.3. The van der Waals surface area contributed by atoms with Gasteiger partial charge in [-0.15, -0.1) is 11.3 Å². The molecule has 1 heterocycles. The lowest BCUT2D eigenvalue weighted by Gasteiger charge is -2.21. The molecule has 3 N–H and O–H groups in total. The number of carbonyl (C=O) groups excluding carboxylic acids is 2. The number of anilines is 1. The Morgan fingerprint density at radius 2 is 2.00 bits per heavy atom. The molecule has 0 spiro atoms. The van der Waals surface area contributed by atoms with E-state index >= 15 is 0 Å². The van der Waals surface area contributed by atoms with Gasteiger partial charge >= 0.3 is 0 Å². The molecule has 0 saturated heterocycles. The zero-order chi connectivity index (χ0) is 21.0. The second-order valence-electron chi connectivity index (χ2n) is 8.11. The van der Waals surface area contributed by atoms with Gasteiger partial charge in [0.1, 0.15) is 5.00 Å². The first-order chi connectivity index (χ1) is 13.9. The molecule has 0 bridgehead atoms. The average molecular weight is 411 g/mol. The molecule has 29 heavy (non-hydrogen) atoms. The van der Waals surface area contributed by atoms with Gasteiger partial charge in [-0.3, -0.25) is 9.59 Å². The summed E-state index contributed by atoms with van der Waals surface area (Å²) < 4.78 is 0. The summed E-state index contributed by atoms with van der Waals surface area (Å²) in [6.45, 7) is 6.51. The minimum atomic E-state index is -0.458. The zero-order valence-corrected chi connectivity index (χ0v) is 18.3. The van der Waals surface area contributed by atoms with Gasteiger partial charge in [0.2, 0.25) is 5.91 Å². The standard InChI is InChI=1S/C24H30N2O2S/c1-4-5-17-8-12-19-20(14-17)29-24(22(19)23(25)28)26-21(27)13-9-16-6-10-18(11-7-16)15(2)3/h6-7,9-11,13,15,17H,4-5,8,12,14H2,1-3H3,(H2,25,28)(H,26,27)/b13-9-/t17-/m1/s1. The van der Waals surface area contributed by atoms with Crippen LogP contribution in [-0.4, -0.2) is 11.8 Å². The van der Waals surface area contributed by atoms with Crippen molar-refractivity contribution in [3.8, 4) is 0 Å². The predicted molar refractivity (Wildman–Crippen MR) is 121 cm³/mol. The summed E-state index contributed by atoms with van der Waals surface area (Å²) in [4.78, 5) is 25.7. The normalized spacial score (nSPS) is 16.2. The maximum atomic E-state index is 12.5. The molecule has 1 aliphatic carbocycles. The Labute approximate surface area is 177 Å². The maximum Gasteiger partial charge on any atom is 0.251 e.